The molecule has 6 nitrogen and oxygen atoms in total. The van der Waals surface area contributed by atoms with Gasteiger partial charge in [0, 0.05) is 6.42 Å². The highest BCUT2D eigenvalue weighted by atomic mass is 16.5. The molecular formula is C19H18N4O2. The number of carbonyl (C=O) groups excluding carboxylic acids is 1. The number of aromatic nitrogens is 3. The molecule has 0 saturated heterocycles. The van der Waals surface area contributed by atoms with Crippen LogP contribution in [0, 0.1) is 13.8 Å². The van der Waals surface area contributed by atoms with Crippen molar-refractivity contribution in [1.29, 1.82) is 0 Å². The second-order valence-corrected chi connectivity index (χ2v) is 6.20. The Kier molecular flexibility index (Phi) is 3.72. The zero-order chi connectivity index (χ0) is 17.4. The Bertz CT molecular complexity index is 903. The van der Waals surface area contributed by atoms with E-state index in [0.29, 0.717) is 12.4 Å². The van der Waals surface area contributed by atoms with Crippen molar-refractivity contribution in [3.05, 3.63) is 65.5 Å². The van der Waals surface area contributed by atoms with Crippen molar-refractivity contribution < 1.29 is 9.53 Å². The van der Waals surface area contributed by atoms with Crippen LogP contribution in [0.3, 0.4) is 0 Å². The fraction of sp³-hybridized carbons (Fsp3) is 0.211. The SMILES string of the molecule is Cc1cc2c(cc1C)O[C@@H](C(=O)Nc1nncn1-c1ccccc1)C2. The van der Waals surface area contributed by atoms with E-state index in [1.165, 1.54) is 5.56 Å². The van der Waals surface area contributed by atoms with Gasteiger partial charge < -0.3 is 4.74 Å². The Morgan fingerprint density at radius 2 is 1.96 bits per heavy atom. The van der Waals surface area contributed by atoms with Crippen LogP contribution in [-0.4, -0.2) is 26.8 Å². The summed E-state index contributed by atoms with van der Waals surface area (Å²) in [5, 5.41) is 10.7. The Labute approximate surface area is 145 Å². The maximum atomic E-state index is 12.6. The molecule has 1 aromatic heterocycles. The van der Waals surface area contributed by atoms with Crippen LogP contribution in [-0.2, 0) is 11.2 Å². The van der Waals surface area contributed by atoms with Gasteiger partial charge in [-0.05, 0) is 48.7 Å². The molecule has 126 valence electrons. The number of benzene rings is 2. The van der Waals surface area contributed by atoms with Crippen molar-refractivity contribution >= 4 is 11.9 Å². The number of fused-ring (bicyclic) bond motifs is 1. The van der Waals surface area contributed by atoms with Crippen molar-refractivity contribution in [3.63, 3.8) is 0 Å². The normalized spacial score (nSPS) is 15.5. The summed E-state index contributed by atoms with van der Waals surface area (Å²) in [7, 11) is 0. The Balaban J connectivity index is 1.52. The van der Waals surface area contributed by atoms with Crippen LogP contribution in [0.5, 0.6) is 5.75 Å². The van der Waals surface area contributed by atoms with Gasteiger partial charge in [-0.15, -0.1) is 10.2 Å². The summed E-state index contributed by atoms with van der Waals surface area (Å²) in [4.78, 5) is 12.6. The molecule has 0 unspecified atom stereocenters. The molecule has 0 saturated carbocycles. The molecule has 2 aromatic carbocycles. The first kappa shape index (κ1) is 15.4. The summed E-state index contributed by atoms with van der Waals surface area (Å²) in [5.74, 6) is 0.938. The Morgan fingerprint density at radius 3 is 2.76 bits per heavy atom. The first-order valence-electron chi connectivity index (χ1n) is 8.15. The van der Waals surface area contributed by atoms with E-state index in [2.05, 4.69) is 28.5 Å². The zero-order valence-corrected chi connectivity index (χ0v) is 14.1. The number of amides is 1. The number of hydrogen-bond acceptors (Lipinski definition) is 4. The summed E-state index contributed by atoms with van der Waals surface area (Å²) in [6.45, 7) is 4.10. The van der Waals surface area contributed by atoms with E-state index < -0.39 is 6.10 Å². The predicted octanol–water partition coefficient (Wildman–Crippen LogP) is 2.83. The lowest BCUT2D eigenvalue weighted by molar-refractivity contribution is -0.122. The molecule has 0 bridgehead atoms. The minimum Gasteiger partial charge on any atom is -0.480 e. The van der Waals surface area contributed by atoms with Crippen molar-refractivity contribution in [1.82, 2.24) is 14.8 Å². The first-order valence-corrected chi connectivity index (χ1v) is 8.15. The van der Waals surface area contributed by atoms with Crippen molar-refractivity contribution in [3.8, 4) is 11.4 Å². The number of nitrogens with one attached hydrogen (secondary N) is 1. The van der Waals surface area contributed by atoms with Crippen LogP contribution in [0.2, 0.25) is 0 Å². The number of hydrogen-bond donors (Lipinski definition) is 1. The van der Waals surface area contributed by atoms with E-state index in [1.807, 2.05) is 43.3 Å². The summed E-state index contributed by atoms with van der Waals surface area (Å²) in [6, 6.07) is 13.7. The number of aryl methyl sites for hydroxylation is 2. The van der Waals surface area contributed by atoms with Gasteiger partial charge in [0.25, 0.3) is 5.91 Å². The second kappa shape index (κ2) is 6.05. The number of rotatable bonds is 3. The van der Waals surface area contributed by atoms with Crippen molar-refractivity contribution in [2.75, 3.05) is 5.32 Å². The minimum atomic E-state index is -0.558. The van der Waals surface area contributed by atoms with E-state index in [4.69, 9.17) is 4.74 Å². The molecule has 3 aromatic rings. The molecule has 0 radical (unpaired) electrons. The minimum absolute atomic E-state index is 0.225. The van der Waals surface area contributed by atoms with Crippen LogP contribution in [0.4, 0.5) is 5.95 Å². The summed E-state index contributed by atoms with van der Waals surface area (Å²) >= 11 is 0. The van der Waals surface area contributed by atoms with Crippen LogP contribution >= 0.6 is 0 Å². The van der Waals surface area contributed by atoms with E-state index >= 15 is 0 Å². The number of nitrogens with zero attached hydrogens (tertiary/aromatic N) is 3. The standard InChI is InChI=1S/C19H18N4O2/c1-12-8-14-10-17(25-16(14)9-13(12)2)18(24)21-19-22-20-11-23(19)15-6-4-3-5-7-15/h3-9,11,17H,10H2,1-2H3,(H,21,22,24)/t17-/m1/s1. The van der Waals surface area contributed by atoms with E-state index in [9.17, 15) is 4.79 Å². The van der Waals surface area contributed by atoms with Crippen molar-refractivity contribution in [2.24, 2.45) is 0 Å². The molecule has 1 aliphatic heterocycles. The average Bonchev–Trinajstić information content (AvgIpc) is 3.23. The number of ether oxygens (including phenoxy) is 1. The molecule has 1 atom stereocenters. The van der Waals surface area contributed by atoms with Crippen LogP contribution in [0.25, 0.3) is 5.69 Å². The fourth-order valence-corrected chi connectivity index (χ4v) is 2.95. The average molecular weight is 334 g/mol. The zero-order valence-electron chi connectivity index (χ0n) is 14.1. The monoisotopic (exact) mass is 334 g/mol. The first-order chi connectivity index (χ1) is 12.1. The highest BCUT2D eigenvalue weighted by molar-refractivity contribution is 5.94. The smallest absolute Gasteiger partial charge is 0.268 e. The molecule has 6 heteroatoms. The quantitative estimate of drug-likeness (QED) is 0.800. The summed E-state index contributed by atoms with van der Waals surface area (Å²) in [5.41, 5.74) is 4.30. The van der Waals surface area contributed by atoms with Gasteiger partial charge in [-0.2, -0.15) is 0 Å². The molecule has 2 heterocycles. The third-order valence-electron chi connectivity index (χ3n) is 4.46. The van der Waals surface area contributed by atoms with Gasteiger partial charge in [0.2, 0.25) is 5.95 Å². The lowest BCUT2D eigenvalue weighted by atomic mass is 10.0. The number of anilines is 1. The second-order valence-electron chi connectivity index (χ2n) is 6.20. The summed E-state index contributed by atoms with van der Waals surface area (Å²) < 4.78 is 7.56. The maximum Gasteiger partial charge on any atom is 0.268 e. The molecule has 0 aliphatic carbocycles. The van der Waals surface area contributed by atoms with Crippen LogP contribution < -0.4 is 10.1 Å². The Hall–Kier alpha value is -3.15. The van der Waals surface area contributed by atoms with E-state index in [0.717, 1.165) is 22.6 Å². The lowest BCUT2D eigenvalue weighted by Gasteiger charge is -2.12. The summed E-state index contributed by atoms with van der Waals surface area (Å²) in [6.07, 6.45) is 1.57. The molecular weight excluding hydrogens is 316 g/mol. The highest BCUT2D eigenvalue weighted by Crippen LogP contribution is 2.31. The predicted molar refractivity (Wildman–Crippen MR) is 94.0 cm³/mol. The highest BCUT2D eigenvalue weighted by Gasteiger charge is 2.30. The number of para-hydroxylation sites is 1. The number of carbonyl (C=O) groups is 1. The largest absolute Gasteiger partial charge is 0.480 e. The van der Waals surface area contributed by atoms with Gasteiger partial charge in [-0.3, -0.25) is 14.7 Å². The molecule has 25 heavy (non-hydrogen) atoms. The van der Waals surface area contributed by atoms with Crippen LogP contribution in [0.1, 0.15) is 16.7 Å². The molecule has 1 aliphatic rings. The lowest BCUT2D eigenvalue weighted by Crippen LogP contribution is -2.32. The molecule has 0 fully saturated rings. The third kappa shape index (κ3) is 2.87. The van der Waals surface area contributed by atoms with Gasteiger partial charge >= 0.3 is 0 Å². The van der Waals surface area contributed by atoms with Gasteiger partial charge in [0.05, 0.1) is 5.69 Å². The fourth-order valence-electron chi connectivity index (χ4n) is 2.95. The topological polar surface area (TPSA) is 69.0 Å². The molecule has 0 spiro atoms. The molecule has 1 amide bonds. The van der Waals surface area contributed by atoms with Crippen molar-refractivity contribution in [2.45, 2.75) is 26.4 Å². The Morgan fingerprint density at radius 1 is 1.20 bits per heavy atom. The van der Waals surface area contributed by atoms with Gasteiger partial charge in [0.15, 0.2) is 6.10 Å². The van der Waals surface area contributed by atoms with E-state index in [1.54, 1.807) is 10.9 Å². The van der Waals surface area contributed by atoms with E-state index in [-0.39, 0.29) is 5.91 Å². The molecule has 4 rings (SSSR count). The van der Waals surface area contributed by atoms with Gasteiger partial charge in [0.1, 0.15) is 12.1 Å². The van der Waals surface area contributed by atoms with Gasteiger partial charge in [-0.25, -0.2) is 0 Å². The van der Waals surface area contributed by atoms with Crippen LogP contribution in [0.15, 0.2) is 48.8 Å². The maximum absolute atomic E-state index is 12.6. The third-order valence-corrected chi connectivity index (χ3v) is 4.46. The van der Waals surface area contributed by atoms with Gasteiger partial charge in [-0.1, -0.05) is 24.3 Å². The molecule has 1 N–H and O–H groups in total.